The number of ether oxygens (including phenoxy) is 1. The van der Waals surface area contributed by atoms with Crippen LogP contribution in [0.25, 0.3) is 0 Å². The minimum absolute atomic E-state index is 0.156. The maximum Gasteiger partial charge on any atom is 0.278 e. The molecule has 2 heterocycles. The van der Waals surface area contributed by atoms with Gasteiger partial charge in [0.2, 0.25) is 11.8 Å². The molecular weight excluding hydrogens is 260 g/mol. The zero-order valence-electron chi connectivity index (χ0n) is 11.3. The topological polar surface area (TPSA) is 102 Å². The van der Waals surface area contributed by atoms with E-state index in [0.29, 0.717) is 17.4 Å². The fraction of sp³-hybridized carbons (Fsp3) is 0.250. The molecule has 0 saturated heterocycles. The number of nitrogens with zero attached hydrogens (tertiary/aromatic N) is 4. The van der Waals surface area contributed by atoms with Crippen LogP contribution in [-0.2, 0) is 0 Å². The second kappa shape index (κ2) is 5.91. The summed E-state index contributed by atoms with van der Waals surface area (Å²) in [5.41, 5.74) is 0.850. The minimum atomic E-state index is -0.442. The van der Waals surface area contributed by atoms with Crippen molar-refractivity contribution in [3.8, 4) is 5.88 Å². The summed E-state index contributed by atoms with van der Waals surface area (Å²) in [7, 11) is 3.19. The van der Waals surface area contributed by atoms with Crippen molar-refractivity contribution >= 4 is 17.7 Å². The molecule has 0 aliphatic carbocycles. The monoisotopic (exact) mass is 274 g/mol. The Balaban J connectivity index is 2.20. The number of carbonyl (C=O) groups excluding carboxylic acids is 1. The fourth-order valence-electron chi connectivity index (χ4n) is 1.46. The standard InChI is InChI=1S/C12H14N6O2/c1-7-4-10(20-3)17-12(15-7)18-11(19)8-5-14-6-9(13-2)16-8/h4-6H,1-3H3,(H,13,16)(H,15,17,18,19). The van der Waals surface area contributed by atoms with E-state index in [2.05, 4.69) is 30.6 Å². The first-order valence-electron chi connectivity index (χ1n) is 5.83. The molecule has 2 rings (SSSR count). The van der Waals surface area contributed by atoms with Gasteiger partial charge in [-0.2, -0.15) is 4.98 Å². The number of amides is 1. The Morgan fingerprint density at radius 1 is 1.25 bits per heavy atom. The van der Waals surface area contributed by atoms with Crippen LogP contribution in [0, 0.1) is 6.92 Å². The molecule has 0 radical (unpaired) electrons. The lowest BCUT2D eigenvalue weighted by Gasteiger charge is -2.06. The molecule has 0 aromatic carbocycles. The summed E-state index contributed by atoms with van der Waals surface area (Å²) in [5.74, 6) is 0.592. The van der Waals surface area contributed by atoms with Gasteiger partial charge < -0.3 is 10.1 Å². The van der Waals surface area contributed by atoms with Gasteiger partial charge in [0.25, 0.3) is 5.91 Å². The van der Waals surface area contributed by atoms with E-state index in [1.807, 2.05) is 0 Å². The van der Waals surface area contributed by atoms with Gasteiger partial charge in [-0.15, -0.1) is 0 Å². The summed E-state index contributed by atoms with van der Waals surface area (Å²) in [6.45, 7) is 1.78. The molecule has 0 aliphatic rings. The molecule has 0 bridgehead atoms. The second-order valence-corrected chi connectivity index (χ2v) is 3.87. The number of carbonyl (C=O) groups is 1. The smallest absolute Gasteiger partial charge is 0.278 e. The third kappa shape index (κ3) is 3.16. The van der Waals surface area contributed by atoms with E-state index < -0.39 is 5.91 Å². The van der Waals surface area contributed by atoms with Crippen molar-refractivity contribution in [3.63, 3.8) is 0 Å². The lowest BCUT2D eigenvalue weighted by molar-refractivity contribution is 0.102. The van der Waals surface area contributed by atoms with Gasteiger partial charge in [-0.1, -0.05) is 0 Å². The minimum Gasteiger partial charge on any atom is -0.481 e. The van der Waals surface area contributed by atoms with Crippen molar-refractivity contribution in [2.24, 2.45) is 0 Å². The molecule has 0 fully saturated rings. The highest BCUT2D eigenvalue weighted by atomic mass is 16.5. The molecule has 2 aromatic heterocycles. The Labute approximate surface area is 115 Å². The third-order valence-corrected chi connectivity index (χ3v) is 2.39. The van der Waals surface area contributed by atoms with Crippen LogP contribution in [0.4, 0.5) is 11.8 Å². The average Bonchev–Trinajstić information content (AvgIpc) is 2.46. The number of methoxy groups -OCH3 is 1. The van der Waals surface area contributed by atoms with Crippen molar-refractivity contribution in [2.45, 2.75) is 6.92 Å². The first-order chi connectivity index (χ1) is 9.62. The van der Waals surface area contributed by atoms with Crippen LogP contribution >= 0.6 is 0 Å². The van der Waals surface area contributed by atoms with Gasteiger partial charge in [-0.25, -0.2) is 9.97 Å². The van der Waals surface area contributed by atoms with Crippen molar-refractivity contribution in [3.05, 3.63) is 29.8 Å². The zero-order valence-corrected chi connectivity index (χ0v) is 11.3. The Kier molecular flexibility index (Phi) is 4.04. The number of anilines is 2. The molecule has 2 aromatic rings. The number of aromatic nitrogens is 4. The molecule has 2 N–H and O–H groups in total. The Morgan fingerprint density at radius 3 is 2.75 bits per heavy atom. The first-order valence-corrected chi connectivity index (χ1v) is 5.83. The summed E-state index contributed by atoms with van der Waals surface area (Å²) in [5, 5.41) is 5.36. The summed E-state index contributed by atoms with van der Waals surface area (Å²) in [6.07, 6.45) is 2.88. The van der Waals surface area contributed by atoms with E-state index in [4.69, 9.17) is 4.74 Å². The lowest BCUT2D eigenvalue weighted by Crippen LogP contribution is -2.17. The molecular formula is C12H14N6O2. The SMILES string of the molecule is CNc1cncc(C(=O)Nc2nc(C)cc(OC)n2)n1. The van der Waals surface area contributed by atoms with Crippen molar-refractivity contribution in [1.29, 1.82) is 0 Å². The first kappa shape index (κ1) is 13.7. The van der Waals surface area contributed by atoms with Gasteiger partial charge in [0.15, 0.2) is 0 Å². The molecule has 8 nitrogen and oxygen atoms in total. The number of nitrogens with one attached hydrogen (secondary N) is 2. The highest BCUT2D eigenvalue weighted by Gasteiger charge is 2.11. The van der Waals surface area contributed by atoms with Crippen LogP contribution in [-0.4, -0.2) is 40.0 Å². The Bertz CT molecular complexity index is 631. The summed E-state index contributed by atoms with van der Waals surface area (Å²) in [6, 6.07) is 1.66. The van der Waals surface area contributed by atoms with Crippen LogP contribution in [0.1, 0.15) is 16.2 Å². The Morgan fingerprint density at radius 2 is 2.05 bits per heavy atom. The van der Waals surface area contributed by atoms with Gasteiger partial charge in [-0.05, 0) is 6.92 Å². The van der Waals surface area contributed by atoms with E-state index in [9.17, 15) is 4.79 Å². The molecule has 0 saturated carbocycles. The highest BCUT2D eigenvalue weighted by Crippen LogP contribution is 2.12. The molecule has 20 heavy (non-hydrogen) atoms. The summed E-state index contributed by atoms with van der Waals surface area (Å²) >= 11 is 0. The van der Waals surface area contributed by atoms with Gasteiger partial charge in [0.05, 0.1) is 19.5 Å². The summed E-state index contributed by atoms with van der Waals surface area (Å²) < 4.78 is 5.02. The van der Waals surface area contributed by atoms with Crippen LogP contribution in [0.2, 0.25) is 0 Å². The van der Waals surface area contributed by atoms with Crippen LogP contribution in [0.3, 0.4) is 0 Å². The molecule has 0 unspecified atom stereocenters. The fourth-order valence-corrected chi connectivity index (χ4v) is 1.46. The molecule has 8 heteroatoms. The predicted molar refractivity (Wildman–Crippen MR) is 72.9 cm³/mol. The quantitative estimate of drug-likeness (QED) is 0.853. The van der Waals surface area contributed by atoms with E-state index in [1.165, 1.54) is 19.5 Å². The van der Waals surface area contributed by atoms with Gasteiger partial charge in [0.1, 0.15) is 11.5 Å². The van der Waals surface area contributed by atoms with Crippen molar-refractivity contribution in [1.82, 2.24) is 19.9 Å². The molecule has 1 amide bonds. The van der Waals surface area contributed by atoms with Gasteiger partial charge in [0, 0.05) is 18.8 Å². The number of rotatable bonds is 4. The normalized spacial score (nSPS) is 9.95. The Hall–Kier alpha value is -2.77. The largest absolute Gasteiger partial charge is 0.481 e. The van der Waals surface area contributed by atoms with Gasteiger partial charge >= 0.3 is 0 Å². The predicted octanol–water partition coefficient (Wildman–Crippen LogP) is 0.878. The summed E-state index contributed by atoms with van der Waals surface area (Å²) in [4.78, 5) is 28.2. The van der Waals surface area contributed by atoms with Crippen molar-refractivity contribution < 1.29 is 9.53 Å². The van der Waals surface area contributed by atoms with Crippen molar-refractivity contribution in [2.75, 3.05) is 24.8 Å². The zero-order chi connectivity index (χ0) is 14.5. The molecule has 0 spiro atoms. The second-order valence-electron chi connectivity index (χ2n) is 3.87. The number of hydrogen-bond donors (Lipinski definition) is 2. The van der Waals surface area contributed by atoms with Gasteiger partial charge in [-0.3, -0.25) is 15.1 Å². The maximum atomic E-state index is 12.0. The third-order valence-electron chi connectivity index (χ3n) is 2.39. The molecule has 0 aliphatic heterocycles. The van der Waals surface area contributed by atoms with E-state index >= 15 is 0 Å². The number of aryl methyl sites for hydroxylation is 1. The molecule has 104 valence electrons. The maximum absolute atomic E-state index is 12.0. The van der Waals surface area contributed by atoms with Crippen LogP contribution in [0.5, 0.6) is 5.88 Å². The van der Waals surface area contributed by atoms with E-state index in [0.717, 1.165) is 0 Å². The van der Waals surface area contributed by atoms with Crippen LogP contribution < -0.4 is 15.4 Å². The highest BCUT2D eigenvalue weighted by molar-refractivity contribution is 6.01. The molecule has 0 atom stereocenters. The van der Waals surface area contributed by atoms with E-state index in [1.54, 1.807) is 20.0 Å². The van der Waals surface area contributed by atoms with E-state index in [-0.39, 0.29) is 11.6 Å². The lowest BCUT2D eigenvalue weighted by atomic mass is 10.4. The number of hydrogen-bond acceptors (Lipinski definition) is 7. The average molecular weight is 274 g/mol. The van der Waals surface area contributed by atoms with Crippen LogP contribution in [0.15, 0.2) is 18.5 Å².